The maximum atomic E-state index is 11.4. The van der Waals surface area contributed by atoms with Crippen molar-refractivity contribution in [3.8, 4) is 0 Å². The van der Waals surface area contributed by atoms with Crippen LogP contribution >= 0.6 is 0 Å². The van der Waals surface area contributed by atoms with Crippen molar-refractivity contribution < 1.29 is 4.79 Å². The van der Waals surface area contributed by atoms with Gasteiger partial charge in [-0.2, -0.15) is 5.21 Å². The summed E-state index contributed by atoms with van der Waals surface area (Å²) < 4.78 is 0. The van der Waals surface area contributed by atoms with Crippen molar-refractivity contribution in [2.24, 2.45) is 0 Å². The molecule has 0 aliphatic carbocycles. The Kier molecular flexibility index (Phi) is 3.37. The van der Waals surface area contributed by atoms with Crippen molar-refractivity contribution in [3.63, 3.8) is 0 Å². The number of anilines is 2. The second-order valence-electron chi connectivity index (χ2n) is 3.56. The Balaban J connectivity index is 2.08. The minimum Gasteiger partial charge on any atom is -0.397 e. The third-order valence-electron chi connectivity index (χ3n) is 2.37. The Hall–Kier alpha value is -2.64. The molecule has 1 amide bonds. The van der Waals surface area contributed by atoms with Gasteiger partial charge in [0.25, 0.3) is 5.91 Å². The Labute approximate surface area is 103 Å². The number of rotatable bonds is 4. The molecule has 0 bridgehead atoms. The summed E-state index contributed by atoms with van der Waals surface area (Å²) in [5, 5.41) is 19.0. The van der Waals surface area contributed by atoms with Gasteiger partial charge in [-0.3, -0.25) is 4.79 Å². The third-order valence-corrected chi connectivity index (χ3v) is 2.37. The van der Waals surface area contributed by atoms with Crippen molar-refractivity contribution in [2.45, 2.75) is 6.54 Å². The van der Waals surface area contributed by atoms with Crippen molar-refractivity contribution in [3.05, 3.63) is 29.6 Å². The zero-order chi connectivity index (χ0) is 13.0. The zero-order valence-electron chi connectivity index (χ0n) is 9.77. The van der Waals surface area contributed by atoms with Crippen LogP contribution in [0.2, 0.25) is 0 Å². The molecule has 0 unspecified atom stereocenters. The van der Waals surface area contributed by atoms with E-state index in [-0.39, 0.29) is 5.91 Å². The maximum Gasteiger partial charge on any atom is 0.251 e. The molecule has 1 heterocycles. The molecule has 2 rings (SSSR count). The Bertz CT molecular complexity index is 537. The second kappa shape index (κ2) is 5.13. The Morgan fingerprint density at radius 1 is 1.50 bits per heavy atom. The van der Waals surface area contributed by atoms with E-state index in [0.29, 0.717) is 29.3 Å². The molecular weight excluding hydrogens is 234 g/mol. The number of tetrazole rings is 1. The lowest BCUT2D eigenvalue weighted by molar-refractivity contribution is 0.0963. The highest BCUT2D eigenvalue weighted by molar-refractivity contribution is 5.95. The molecule has 8 heteroatoms. The molecule has 8 nitrogen and oxygen atoms in total. The van der Waals surface area contributed by atoms with E-state index in [2.05, 4.69) is 31.3 Å². The molecule has 2 aromatic rings. The molecule has 1 aromatic heterocycles. The van der Waals surface area contributed by atoms with Gasteiger partial charge in [0.05, 0.1) is 17.9 Å². The van der Waals surface area contributed by atoms with Gasteiger partial charge >= 0.3 is 0 Å². The normalized spacial score (nSPS) is 10.1. The molecule has 0 atom stereocenters. The fourth-order valence-electron chi connectivity index (χ4n) is 1.44. The number of carbonyl (C=O) groups excluding carboxylic acids is 1. The van der Waals surface area contributed by atoms with Crippen LogP contribution in [-0.4, -0.2) is 33.6 Å². The van der Waals surface area contributed by atoms with Crippen LogP contribution in [0.4, 0.5) is 11.4 Å². The number of nitrogens with zero attached hydrogens (tertiary/aromatic N) is 3. The molecule has 18 heavy (non-hydrogen) atoms. The average Bonchev–Trinajstić information content (AvgIpc) is 2.89. The number of nitrogens with one attached hydrogen (secondary N) is 3. The van der Waals surface area contributed by atoms with Crippen molar-refractivity contribution >= 4 is 17.3 Å². The minimum absolute atomic E-state index is 0.175. The van der Waals surface area contributed by atoms with Gasteiger partial charge in [0.15, 0.2) is 5.82 Å². The van der Waals surface area contributed by atoms with Gasteiger partial charge in [-0.1, -0.05) is 5.21 Å². The van der Waals surface area contributed by atoms with Gasteiger partial charge in [-0.05, 0) is 18.2 Å². The number of amides is 1. The summed E-state index contributed by atoms with van der Waals surface area (Å²) in [5.41, 5.74) is 7.56. The smallest absolute Gasteiger partial charge is 0.251 e. The highest BCUT2D eigenvalue weighted by Crippen LogP contribution is 2.20. The highest BCUT2D eigenvalue weighted by Gasteiger charge is 2.07. The number of benzene rings is 1. The van der Waals surface area contributed by atoms with E-state index < -0.39 is 0 Å². The summed E-state index contributed by atoms with van der Waals surface area (Å²) in [5.74, 6) is 0.358. The predicted octanol–water partition coefficient (Wildman–Crippen LogP) is -0.246. The van der Waals surface area contributed by atoms with Crippen LogP contribution in [0.3, 0.4) is 0 Å². The number of H-pyrrole nitrogens is 1. The molecule has 0 aliphatic heterocycles. The number of hydrogen-bond donors (Lipinski definition) is 4. The Morgan fingerprint density at radius 3 is 2.94 bits per heavy atom. The van der Waals surface area contributed by atoms with Gasteiger partial charge in [0.1, 0.15) is 0 Å². The van der Waals surface area contributed by atoms with Crippen molar-refractivity contribution in [1.82, 2.24) is 25.9 Å². The van der Waals surface area contributed by atoms with E-state index in [4.69, 9.17) is 5.73 Å². The van der Waals surface area contributed by atoms with E-state index in [9.17, 15) is 4.79 Å². The van der Waals surface area contributed by atoms with Crippen LogP contribution < -0.4 is 16.4 Å². The number of aromatic amines is 1. The summed E-state index contributed by atoms with van der Waals surface area (Å²) in [6.07, 6.45) is 0. The first-order chi connectivity index (χ1) is 8.70. The molecular formula is C10H13N7O. The fourth-order valence-corrected chi connectivity index (χ4v) is 1.44. The molecule has 0 fully saturated rings. The van der Waals surface area contributed by atoms with Gasteiger partial charge < -0.3 is 16.4 Å². The lowest BCUT2D eigenvalue weighted by atomic mass is 10.1. The molecule has 0 radical (unpaired) electrons. The quantitative estimate of drug-likeness (QED) is 0.553. The monoisotopic (exact) mass is 247 g/mol. The number of aromatic nitrogens is 4. The standard InChI is InChI=1S/C10H13N7O/c1-12-10(18)6-2-3-8(7(11)4-6)13-5-9-14-16-17-15-9/h2-4,13H,5,11H2,1H3,(H,12,18)(H,14,15,16,17). The van der Waals surface area contributed by atoms with Gasteiger partial charge in [0.2, 0.25) is 0 Å². The molecule has 5 N–H and O–H groups in total. The first-order valence-electron chi connectivity index (χ1n) is 5.28. The lowest BCUT2D eigenvalue weighted by Crippen LogP contribution is -2.18. The lowest BCUT2D eigenvalue weighted by Gasteiger charge is -2.08. The predicted molar refractivity (Wildman–Crippen MR) is 65.7 cm³/mol. The van der Waals surface area contributed by atoms with Gasteiger partial charge in [-0.15, -0.1) is 10.2 Å². The summed E-state index contributed by atoms with van der Waals surface area (Å²) in [7, 11) is 1.57. The first kappa shape index (κ1) is 11.8. The van der Waals surface area contributed by atoms with Crippen LogP contribution in [0.1, 0.15) is 16.2 Å². The first-order valence-corrected chi connectivity index (χ1v) is 5.28. The topological polar surface area (TPSA) is 122 Å². The molecule has 1 aromatic carbocycles. The van der Waals surface area contributed by atoms with E-state index in [1.165, 1.54) is 0 Å². The van der Waals surface area contributed by atoms with Gasteiger partial charge in [-0.25, -0.2) is 0 Å². The fraction of sp³-hybridized carbons (Fsp3) is 0.200. The van der Waals surface area contributed by atoms with E-state index >= 15 is 0 Å². The van der Waals surface area contributed by atoms with Crippen LogP contribution in [0, 0.1) is 0 Å². The van der Waals surface area contributed by atoms with Crippen LogP contribution in [0.25, 0.3) is 0 Å². The van der Waals surface area contributed by atoms with E-state index in [1.54, 1.807) is 25.2 Å². The molecule has 0 aliphatic rings. The number of nitrogens with two attached hydrogens (primary N) is 1. The highest BCUT2D eigenvalue weighted by atomic mass is 16.1. The summed E-state index contributed by atoms with van der Waals surface area (Å²) >= 11 is 0. The third kappa shape index (κ3) is 2.54. The summed E-state index contributed by atoms with van der Waals surface area (Å²) in [4.78, 5) is 11.4. The van der Waals surface area contributed by atoms with Crippen LogP contribution in [0.15, 0.2) is 18.2 Å². The number of hydrogen-bond acceptors (Lipinski definition) is 6. The van der Waals surface area contributed by atoms with Gasteiger partial charge in [0, 0.05) is 12.6 Å². The van der Waals surface area contributed by atoms with E-state index in [0.717, 1.165) is 0 Å². The van der Waals surface area contributed by atoms with Crippen molar-refractivity contribution in [1.29, 1.82) is 0 Å². The molecule has 94 valence electrons. The molecule has 0 saturated heterocycles. The van der Waals surface area contributed by atoms with E-state index in [1.807, 2.05) is 0 Å². The molecule has 0 spiro atoms. The summed E-state index contributed by atoms with van der Waals surface area (Å²) in [6.45, 7) is 0.403. The second-order valence-corrected chi connectivity index (χ2v) is 3.56. The largest absolute Gasteiger partial charge is 0.397 e. The minimum atomic E-state index is -0.175. The summed E-state index contributed by atoms with van der Waals surface area (Å²) in [6, 6.07) is 5.03. The van der Waals surface area contributed by atoms with Crippen LogP contribution in [-0.2, 0) is 6.54 Å². The maximum absolute atomic E-state index is 11.4. The SMILES string of the molecule is CNC(=O)c1ccc(NCc2nn[nH]n2)c(N)c1. The zero-order valence-corrected chi connectivity index (χ0v) is 9.77. The number of carbonyl (C=O) groups is 1. The Morgan fingerprint density at radius 2 is 2.33 bits per heavy atom. The van der Waals surface area contributed by atoms with Crippen molar-refractivity contribution in [2.75, 3.05) is 18.1 Å². The average molecular weight is 247 g/mol. The molecule has 0 saturated carbocycles. The number of nitrogen functional groups attached to an aromatic ring is 1. The van der Waals surface area contributed by atoms with Crippen LogP contribution in [0.5, 0.6) is 0 Å².